The van der Waals surface area contributed by atoms with E-state index in [0.717, 1.165) is 48.8 Å². The van der Waals surface area contributed by atoms with Gasteiger partial charge in [-0.2, -0.15) is 0 Å². The van der Waals surface area contributed by atoms with Crippen LogP contribution in [-0.4, -0.2) is 61.6 Å². The van der Waals surface area contributed by atoms with Gasteiger partial charge in [0.2, 0.25) is 0 Å². The predicted molar refractivity (Wildman–Crippen MR) is 119 cm³/mol. The third-order valence-corrected chi connectivity index (χ3v) is 5.32. The van der Waals surface area contributed by atoms with E-state index in [0.29, 0.717) is 31.2 Å². The van der Waals surface area contributed by atoms with Crippen LogP contribution in [0.3, 0.4) is 0 Å². The van der Waals surface area contributed by atoms with Crippen LogP contribution in [0.15, 0.2) is 30.3 Å². The summed E-state index contributed by atoms with van der Waals surface area (Å²) < 4.78 is 5.42. The highest BCUT2D eigenvalue weighted by atomic mass is 16.5. The number of amides is 1. The van der Waals surface area contributed by atoms with Crippen molar-refractivity contribution in [3.05, 3.63) is 53.0 Å². The van der Waals surface area contributed by atoms with E-state index in [1.54, 1.807) is 4.90 Å². The van der Waals surface area contributed by atoms with Gasteiger partial charge in [0.1, 0.15) is 11.6 Å². The van der Waals surface area contributed by atoms with Crippen molar-refractivity contribution in [2.24, 2.45) is 0 Å². The van der Waals surface area contributed by atoms with E-state index in [9.17, 15) is 4.79 Å². The molecule has 30 heavy (non-hydrogen) atoms. The van der Waals surface area contributed by atoms with Crippen molar-refractivity contribution in [1.29, 1.82) is 0 Å². The molecule has 1 amide bonds. The van der Waals surface area contributed by atoms with Gasteiger partial charge in [0.15, 0.2) is 0 Å². The molecule has 2 aromatic rings. The molecule has 1 aromatic heterocycles. The van der Waals surface area contributed by atoms with Gasteiger partial charge in [0.05, 0.1) is 18.8 Å². The molecule has 1 unspecified atom stereocenters. The first-order valence-electron chi connectivity index (χ1n) is 10.7. The van der Waals surface area contributed by atoms with Gasteiger partial charge >= 0.3 is 0 Å². The Kier molecular flexibility index (Phi) is 7.76. The van der Waals surface area contributed by atoms with Gasteiger partial charge < -0.3 is 19.9 Å². The van der Waals surface area contributed by atoms with Crippen molar-refractivity contribution in [2.45, 2.75) is 38.8 Å². The van der Waals surface area contributed by atoms with Gasteiger partial charge in [-0.15, -0.1) is 0 Å². The lowest BCUT2D eigenvalue weighted by Gasteiger charge is -2.24. The van der Waals surface area contributed by atoms with E-state index in [1.807, 2.05) is 63.3 Å². The molecule has 0 spiro atoms. The van der Waals surface area contributed by atoms with Crippen molar-refractivity contribution in [2.75, 3.05) is 45.7 Å². The van der Waals surface area contributed by atoms with E-state index in [-0.39, 0.29) is 5.91 Å². The average molecular weight is 412 g/mol. The first-order valence-corrected chi connectivity index (χ1v) is 10.7. The molecule has 3 rings (SSSR count). The molecule has 7 heteroatoms. The number of rotatable bonds is 8. The van der Waals surface area contributed by atoms with Crippen molar-refractivity contribution < 1.29 is 9.53 Å². The second-order valence-corrected chi connectivity index (χ2v) is 8.01. The van der Waals surface area contributed by atoms with Gasteiger partial charge in [0.25, 0.3) is 5.91 Å². The molecule has 1 aliphatic rings. The minimum absolute atomic E-state index is 0.0242. The molecule has 1 aromatic carbocycles. The summed E-state index contributed by atoms with van der Waals surface area (Å²) in [6.45, 7) is 5.61. The number of hydrogen-bond acceptors (Lipinski definition) is 6. The number of carbonyl (C=O) groups excluding carboxylic acids is 1. The van der Waals surface area contributed by atoms with Crippen molar-refractivity contribution >= 4 is 11.7 Å². The Labute approximate surface area is 179 Å². The normalized spacial score (nSPS) is 16.3. The third kappa shape index (κ3) is 5.77. The minimum atomic E-state index is -0.0242. The maximum atomic E-state index is 12.9. The molecule has 1 N–H and O–H groups in total. The number of nitrogens with one attached hydrogen (secondary N) is 1. The molecule has 1 fully saturated rings. The molecular formula is C23H33N5O2. The van der Waals surface area contributed by atoms with E-state index in [4.69, 9.17) is 14.7 Å². The number of nitrogens with zero attached hydrogens (tertiary/aromatic N) is 4. The molecule has 1 atom stereocenters. The maximum absolute atomic E-state index is 12.9. The number of aromatic nitrogens is 2. The molecule has 7 nitrogen and oxygen atoms in total. The number of piperidine rings is 1. The Morgan fingerprint density at radius 2 is 1.97 bits per heavy atom. The first kappa shape index (κ1) is 22.2. The largest absolute Gasteiger partial charge is 0.377 e. The predicted octanol–water partition coefficient (Wildman–Crippen LogP) is 2.82. The van der Waals surface area contributed by atoms with Crippen LogP contribution in [0.4, 0.5) is 5.82 Å². The zero-order chi connectivity index (χ0) is 21.5. The molecule has 0 saturated carbocycles. The minimum Gasteiger partial charge on any atom is -0.377 e. The average Bonchev–Trinajstić information content (AvgIpc) is 2.77. The van der Waals surface area contributed by atoms with Crippen LogP contribution >= 0.6 is 0 Å². The number of ether oxygens (including phenoxy) is 1. The fourth-order valence-corrected chi connectivity index (χ4v) is 3.57. The lowest BCUT2D eigenvalue weighted by molar-refractivity contribution is 0.0783. The van der Waals surface area contributed by atoms with Crippen LogP contribution in [-0.2, 0) is 17.9 Å². The molecule has 0 bridgehead atoms. The molecular weight excluding hydrogens is 378 g/mol. The van der Waals surface area contributed by atoms with Gasteiger partial charge in [-0.05, 0) is 44.0 Å². The van der Waals surface area contributed by atoms with Crippen molar-refractivity contribution in [3.8, 4) is 0 Å². The molecule has 162 valence electrons. The van der Waals surface area contributed by atoms with Crippen LogP contribution in [0, 0.1) is 0 Å². The monoisotopic (exact) mass is 411 g/mol. The molecule has 2 heterocycles. The smallest absolute Gasteiger partial charge is 0.253 e. The molecule has 1 aliphatic heterocycles. The summed E-state index contributed by atoms with van der Waals surface area (Å²) in [5, 5.41) is 3.43. The van der Waals surface area contributed by atoms with Crippen LogP contribution in [0.2, 0.25) is 0 Å². The fourth-order valence-electron chi connectivity index (χ4n) is 3.57. The van der Waals surface area contributed by atoms with E-state index in [2.05, 4.69) is 5.32 Å². The zero-order valence-corrected chi connectivity index (χ0v) is 18.5. The number of benzene rings is 1. The quantitative estimate of drug-likeness (QED) is 0.720. The SMILES string of the molecule is CCOCc1ccc(C(=O)N(C)Cc2cc(N(C)C)nc(C3CCCNC3)n2)cc1. The summed E-state index contributed by atoms with van der Waals surface area (Å²) in [5.41, 5.74) is 2.59. The molecule has 1 saturated heterocycles. The highest BCUT2D eigenvalue weighted by Crippen LogP contribution is 2.23. The number of hydrogen-bond donors (Lipinski definition) is 1. The Hall–Kier alpha value is -2.51. The Bertz CT molecular complexity index is 832. The van der Waals surface area contributed by atoms with Gasteiger partial charge in [-0.25, -0.2) is 9.97 Å². The lowest BCUT2D eigenvalue weighted by atomic mass is 9.99. The van der Waals surface area contributed by atoms with Crippen LogP contribution in [0.5, 0.6) is 0 Å². The van der Waals surface area contributed by atoms with E-state index < -0.39 is 0 Å². The van der Waals surface area contributed by atoms with Gasteiger partial charge in [0, 0.05) is 51.8 Å². The maximum Gasteiger partial charge on any atom is 0.253 e. The van der Waals surface area contributed by atoms with Crippen LogP contribution in [0.1, 0.15) is 53.1 Å². The zero-order valence-electron chi connectivity index (χ0n) is 18.5. The summed E-state index contributed by atoms with van der Waals surface area (Å²) in [5.74, 6) is 2.03. The third-order valence-electron chi connectivity index (χ3n) is 5.32. The van der Waals surface area contributed by atoms with E-state index >= 15 is 0 Å². The molecule has 0 radical (unpaired) electrons. The summed E-state index contributed by atoms with van der Waals surface area (Å²) in [4.78, 5) is 26.2. The van der Waals surface area contributed by atoms with Crippen LogP contribution in [0.25, 0.3) is 0 Å². The van der Waals surface area contributed by atoms with Crippen molar-refractivity contribution in [3.63, 3.8) is 0 Å². The highest BCUT2D eigenvalue weighted by molar-refractivity contribution is 5.94. The Balaban J connectivity index is 1.73. The fraction of sp³-hybridized carbons (Fsp3) is 0.522. The lowest BCUT2D eigenvalue weighted by Crippen LogP contribution is -2.31. The second-order valence-electron chi connectivity index (χ2n) is 8.01. The number of carbonyl (C=O) groups is 1. The highest BCUT2D eigenvalue weighted by Gasteiger charge is 2.21. The first-order chi connectivity index (χ1) is 14.5. The van der Waals surface area contributed by atoms with Gasteiger partial charge in [-0.1, -0.05) is 12.1 Å². The van der Waals surface area contributed by atoms with Gasteiger partial charge in [-0.3, -0.25) is 4.79 Å². The summed E-state index contributed by atoms with van der Waals surface area (Å²) in [7, 11) is 5.77. The number of anilines is 1. The van der Waals surface area contributed by atoms with Crippen LogP contribution < -0.4 is 10.2 Å². The van der Waals surface area contributed by atoms with E-state index in [1.165, 1.54) is 0 Å². The Morgan fingerprint density at radius 1 is 1.20 bits per heavy atom. The summed E-state index contributed by atoms with van der Waals surface area (Å²) in [6, 6.07) is 9.57. The standard InChI is InChI=1S/C23H33N5O2/c1-5-30-16-17-8-10-18(11-9-17)23(29)28(4)15-20-13-21(27(2)3)26-22(25-20)19-7-6-12-24-14-19/h8-11,13,19,24H,5-7,12,14-16H2,1-4H3. The topological polar surface area (TPSA) is 70.6 Å². The van der Waals surface area contributed by atoms with Crippen molar-refractivity contribution in [1.82, 2.24) is 20.2 Å². The Morgan fingerprint density at radius 3 is 2.60 bits per heavy atom. The summed E-state index contributed by atoms with van der Waals surface area (Å²) >= 11 is 0. The molecule has 0 aliphatic carbocycles. The second kappa shape index (κ2) is 10.5. The summed E-state index contributed by atoms with van der Waals surface area (Å²) in [6.07, 6.45) is 2.22.